The zero-order valence-corrected chi connectivity index (χ0v) is 19.4. The van der Waals surface area contributed by atoms with Gasteiger partial charge in [0.1, 0.15) is 5.82 Å². The number of hydrogen-bond acceptors (Lipinski definition) is 4. The molecule has 2 amide bonds. The summed E-state index contributed by atoms with van der Waals surface area (Å²) in [7, 11) is 0. The molecule has 0 fully saturated rings. The molecule has 34 heavy (non-hydrogen) atoms. The van der Waals surface area contributed by atoms with Crippen molar-refractivity contribution >= 4 is 23.4 Å². The van der Waals surface area contributed by atoms with Crippen LogP contribution in [0.1, 0.15) is 39.3 Å². The number of hydrogen-bond donors (Lipinski definition) is 2. The third-order valence-corrected chi connectivity index (χ3v) is 6.32. The van der Waals surface area contributed by atoms with Crippen LogP contribution in [-0.4, -0.2) is 44.6 Å². The molecule has 178 valence electrons. The zero-order chi connectivity index (χ0) is 24.8. The Kier molecular flexibility index (Phi) is 5.91. The largest absolute Gasteiger partial charge is 0.465 e. The fourth-order valence-corrected chi connectivity index (χ4v) is 4.47. The molecule has 2 atom stereocenters. The predicted octanol–water partition coefficient (Wildman–Crippen LogP) is 4.40. The van der Waals surface area contributed by atoms with Crippen molar-refractivity contribution in [3.8, 4) is 11.1 Å². The second-order valence-corrected chi connectivity index (χ2v) is 9.13. The lowest BCUT2D eigenvalue weighted by Gasteiger charge is -2.46. The van der Waals surface area contributed by atoms with Crippen molar-refractivity contribution in [3.05, 3.63) is 66.2 Å². The summed E-state index contributed by atoms with van der Waals surface area (Å²) in [5.74, 6) is -0.654. The fraction of sp³-hybridized carbons (Fsp3) is 0.320. The number of fused-ring (bicyclic) bond motifs is 1. The Hall–Kier alpha value is -3.72. The van der Waals surface area contributed by atoms with Gasteiger partial charge in [-0.15, -0.1) is 0 Å². The van der Waals surface area contributed by atoms with Crippen LogP contribution in [0.5, 0.6) is 0 Å². The molecule has 0 bridgehead atoms. The summed E-state index contributed by atoms with van der Waals surface area (Å²) in [4.78, 5) is 28.0. The minimum Gasteiger partial charge on any atom is -0.465 e. The molecule has 0 saturated heterocycles. The van der Waals surface area contributed by atoms with E-state index in [-0.39, 0.29) is 12.5 Å². The van der Waals surface area contributed by atoms with Gasteiger partial charge in [0, 0.05) is 18.7 Å². The van der Waals surface area contributed by atoms with Gasteiger partial charge in [0.05, 0.1) is 41.8 Å². The summed E-state index contributed by atoms with van der Waals surface area (Å²) in [6.45, 7) is 6.82. The van der Waals surface area contributed by atoms with Gasteiger partial charge in [-0.05, 0) is 56.2 Å². The number of halogens is 1. The molecular weight excluding hydrogens is 439 g/mol. The molecule has 1 unspecified atom stereocenters. The van der Waals surface area contributed by atoms with Gasteiger partial charge in [0.15, 0.2) is 0 Å². The average Bonchev–Trinajstić information content (AvgIpc) is 3.29. The van der Waals surface area contributed by atoms with E-state index in [4.69, 9.17) is 0 Å². The number of carbonyl (C=O) groups excluding carboxylic acids is 1. The van der Waals surface area contributed by atoms with Crippen molar-refractivity contribution in [2.24, 2.45) is 0 Å². The van der Waals surface area contributed by atoms with Gasteiger partial charge in [-0.25, -0.2) is 9.18 Å². The summed E-state index contributed by atoms with van der Waals surface area (Å²) in [6.07, 6.45) is 2.25. The number of carbonyl (C=O) groups is 2. The zero-order valence-electron chi connectivity index (χ0n) is 19.4. The average molecular weight is 467 g/mol. The summed E-state index contributed by atoms with van der Waals surface area (Å²) in [6, 6.07) is 9.65. The molecule has 2 aromatic carbocycles. The van der Waals surface area contributed by atoms with Gasteiger partial charge in [-0.3, -0.25) is 14.4 Å². The molecule has 4 rings (SSSR count). The molecule has 0 radical (unpaired) electrons. The van der Waals surface area contributed by atoms with Gasteiger partial charge < -0.3 is 15.1 Å². The molecule has 9 heteroatoms. The quantitative estimate of drug-likeness (QED) is 0.594. The van der Waals surface area contributed by atoms with Crippen molar-refractivity contribution in [3.63, 3.8) is 0 Å². The Bertz CT molecular complexity index is 1240. The number of anilines is 2. The monoisotopic (exact) mass is 466 g/mol. The third-order valence-electron chi connectivity index (χ3n) is 6.32. The Labute approximate surface area is 196 Å². The number of amides is 2. The highest BCUT2D eigenvalue weighted by Crippen LogP contribution is 2.46. The van der Waals surface area contributed by atoms with Crippen LogP contribution in [0.2, 0.25) is 0 Å². The van der Waals surface area contributed by atoms with Crippen LogP contribution in [0.4, 0.5) is 20.6 Å². The topological polar surface area (TPSA) is 98.9 Å². The molecule has 3 aromatic rings. The Morgan fingerprint density at radius 1 is 1.06 bits per heavy atom. The van der Waals surface area contributed by atoms with Gasteiger partial charge in [-0.1, -0.05) is 18.2 Å². The van der Waals surface area contributed by atoms with Crippen molar-refractivity contribution in [2.45, 2.75) is 45.3 Å². The van der Waals surface area contributed by atoms with Crippen LogP contribution in [0.25, 0.3) is 11.1 Å². The first-order valence-corrected chi connectivity index (χ1v) is 10.9. The fourth-order valence-electron chi connectivity index (χ4n) is 4.47. The first-order chi connectivity index (χ1) is 16.0. The minimum absolute atomic E-state index is 0.101. The first kappa shape index (κ1) is 23.4. The van der Waals surface area contributed by atoms with E-state index in [2.05, 4.69) is 5.10 Å². The number of carboxylic acid groups (broad SMARTS) is 1. The molecule has 0 spiro atoms. The lowest BCUT2D eigenvalue weighted by molar-refractivity contribution is -0.117. The van der Waals surface area contributed by atoms with Crippen LogP contribution in [-0.2, 0) is 10.3 Å². The lowest BCUT2D eigenvalue weighted by atomic mass is 9.92. The van der Waals surface area contributed by atoms with Crippen molar-refractivity contribution in [2.75, 3.05) is 16.4 Å². The van der Waals surface area contributed by atoms with Crippen molar-refractivity contribution in [1.82, 2.24) is 9.78 Å². The van der Waals surface area contributed by atoms with Crippen molar-refractivity contribution in [1.29, 1.82) is 0 Å². The van der Waals surface area contributed by atoms with Crippen LogP contribution >= 0.6 is 0 Å². The summed E-state index contributed by atoms with van der Waals surface area (Å²) < 4.78 is 15.2. The van der Waals surface area contributed by atoms with Crippen LogP contribution < -0.4 is 9.80 Å². The molecule has 2 heterocycles. The van der Waals surface area contributed by atoms with E-state index in [1.165, 1.54) is 24.0 Å². The maximum absolute atomic E-state index is 13.6. The van der Waals surface area contributed by atoms with E-state index in [9.17, 15) is 24.2 Å². The lowest BCUT2D eigenvalue weighted by Crippen LogP contribution is -2.53. The maximum atomic E-state index is 13.6. The second kappa shape index (κ2) is 8.57. The highest BCUT2D eigenvalue weighted by atomic mass is 19.1. The molecular formula is C25H27FN4O4. The number of aromatic nitrogens is 2. The molecule has 1 aliphatic heterocycles. The Morgan fingerprint density at radius 2 is 1.74 bits per heavy atom. The van der Waals surface area contributed by atoms with Gasteiger partial charge in [0.2, 0.25) is 5.91 Å². The molecule has 2 N–H and O–H groups in total. The molecule has 1 aliphatic rings. The molecule has 0 aliphatic carbocycles. The van der Waals surface area contributed by atoms with Crippen LogP contribution in [0, 0.1) is 5.82 Å². The SMILES string of the molecule is CC(=O)N1c2ccc(-c3cnn(C(C)(C)CO)c3)cc2N(C(=O)O)C(c2ccc(F)cc2)[C@@H]1C. The van der Waals surface area contributed by atoms with E-state index in [1.54, 1.807) is 53.2 Å². The van der Waals surface area contributed by atoms with Gasteiger partial charge in [0.25, 0.3) is 0 Å². The normalized spacial score (nSPS) is 18.1. The highest BCUT2D eigenvalue weighted by molar-refractivity contribution is 6.03. The van der Waals surface area contributed by atoms with Crippen LogP contribution in [0.3, 0.4) is 0 Å². The second-order valence-electron chi connectivity index (χ2n) is 9.13. The molecule has 8 nitrogen and oxygen atoms in total. The number of aliphatic hydroxyl groups is 1. The maximum Gasteiger partial charge on any atom is 0.412 e. The van der Waals surface area contributed by atoms with E-state index in [0.29, 0.717) is 22.5 Å². The van der Waals surface area contributed by atoms with Crippen LogP contribution in [0.15, 0.2) is 54.9 Å². The first-order valence-electron chi connectivity index (χ1n) is 10.9. The number of benzene rings is 2. The minimum atomic E-state index is -1.18. The molecule has 0 saturated carbocycles. The molecule has 1 aromatic heterocycles. The van der Waals surface area contributed by atoms with E-state index in [1.807, 2.05) is 19.9 Å². The van der Waals surface area contributed by atoms with Gasteiger partial charge >= 0.3 is 6.09 Å². The van der Waals surface area contributed by atoms with Gasteiger partial charge in [-0.2, -0.15) is 5.10 Å². The smallest absolute Gasteiger partial charge is 0.412 e. The summed E-state index contributed by atoms with van der Waals surface area (Å²) >= 11 is 0. The van der Waals surface area contributed by atoms with E-state index in [0.717, 1.165) is 5.56 Å². The van der Waals surface area contributed by atoms with E-state index < -0.39 is 29.5 Å². The number of nitrogens with zero attached hydrogens (tertiary/aromatic N) is 4. The Balaban J connectivity index is 1.88. The highest BCUT2D eigenvalue weighted by Gasteiger charge is 2.42. The summed E-state index contributed by atoms with van der Waals surface area (Å²) in [5, 5.41) is 24.2. The number of aliphatic hydroxyl groups excluding tert-OH is 1. The predicted molar refractivity (Wildman–Crippen MR) is 126 cm³/mol. The van der Waals surface area contributed by atoms with Crippen molar-refractivity contribution < 1.29 is 24.2 Å². The third kappa shape index (κ3) is 3.92. The van der Waals surface area contributed by atoms with E-state index >= 15 is 0 Å². The standard InChI is InChI=1S/C25H27FN4O4/c1-15-23(17-5-8-20(26)9-6-17)30(24(33)34)22-11-18(7-10-21(22)29(15)16(2)32)19-12-27-28(13-19)25(3,4)14-31/h5-13,15,23,31H,14H2,1-4H3,(H,33,34)/t15-,23?/m0/s1. The Morgan fingerprint density at radius 3 is 2.32 bits per heavy atom. The summed E-state index contributed by atoms with van der Waals surface area (Å²) in [5.41, 5.74) is 2.25. The number of rotatable bonds is 4.